The summed E-state index contributed by atoms with van der Waals surface area (Å²) in [5.41, 5.74) is 2.65. The Morgan fingerprint density at radius 2 is 2.47 bits per heavy atom. The highest BCUT2D eigenvalue weighted by Gasteiger charge is 2.27. The molecule has 1 aromatic heterocycles. The van der Waals surface area contributed by atoms with Crippen LogP contribution < -0.4 is 5.32 Å². The number of aromatic nitrogens is 1. The highest BCUT2D eigenvalue weighted by molar-refractivity contribution is 5.26. The van der Waals surface area contributed by atoms with E-state index < -0.39 is 0 Å². The lowest BCUT2D eigenvalue weighted by Crippen LogP contribution is -2.30. The van der Waals surface area contributed by atoms with Crippen LogP contribution >= 0.6 is 0 Å². The van der Waals surface area contributed by atoms with Crippen LogP contribution in [0.3, 0.4) is 0 Å². The molecule has 0 spiro atoms. The lowest BCUT2D eigenvalue weighted by Gasteiger charge is -2.25. The third-order valence-electron chi connectivity index (χ3n) is 3.47. The highest BCUT2D eigenvalue weighted by Crippen LogP contribution is 2.30. The van der Waals surface area contributed by atoms with E-state index in [9.17, 15) is 0 Å². The van der Waals surface area contributed by atoms with E-state index in [1.807, 2.05) is 12.4 Å². The van der Waals surface area contributed by atoms with E-state index >= 15 is 0 Å². The average Bonchev–Trinajstić information content (AvgIpc) is 2.85. The van der Waals surface area contributed by atoms with Gasteiger partial charge in [0.25, 0.3) is 0 Å². The van der Waals surface area contributed by atoms with E-state index in [1.54, 1.807) is 0 Å². The average molecular weight is 234 g/mol. The monoisotopic (exact) mass is 234 g/mol. The molecule has 0 radical (unpaired) electrons. The second-order valence-electron chi connectivity index (χ2n) is 4.79. The first-order valence-corrected chi connectivity index (χ1v) is 6.54. The van der Waals surface area contributed by atoms with Crippen LogP contribution in [-0.4, -0.2) is 24.7 Å². The highest BCUT2D eigenvalue weighted by atomic mass is 16.5. The Morgan fingerprint density at radius 1 is 1.59 bits per heavy atom. The van der Waals surface area contributed by atoms with E-state index in [0.29, 0.717) is 12.0 Å². The molecule has 1 aromatic rings. The van der Waals surface area contributed by atoms with Crippen LogP contribution in [0.2, 0.25) is 0 Å². The molecule has 0 bridgehead atoms. The quantitative estimate of drug-likeness (QED) is 0.850. The van der Waals surface area contributed by atoms with Gasteiger partial charge in [0.15, 0.2) is 0 Å². The van der Waals surface area contributed by atoms with Gasteiger partial charge in [-0.05, 0) is 43.5 Å². The summed E-state index contributed by atoms with van der Waals surface area (Å²) in [4.78, 5) is 4.27. The number of aryl methyl sites for hydroxylation is 1. The normalized spacial score (nSPS) is 21.6. The van der Waals surface area contributed by atoms with Crippen molar-refractivity contribution in [3.8, 4) is 0 Å². The maximum absolute atomic E-state index is 5.52. The summed E-state index contributed by atoms with van der Waals surface area (Å²) in [7, 11) is 0. The summed E-state index contributed by atoms with van der Waals surface area (Å²) in [6, 6.07) is 2.48. The minimum absolute atomic E-state index is 0.395. The van der Waals surface area contributed by atoms with Crippen molar-refractivity contribution in [1.29, 1.82) is 0 Å². The molecule has 0 amide bonds. The van der Waals surface area contributed by atoms with Crippen molar-refractivity contribution in [3.63, 3.8) is 0 Å². The fraction of sp³-hybridized carbons (Fsp3) is 0.643. The molecular formula is C14H22N2O. The van der Waals surface area contributed by atoms with Crippen molar-refractivity contribution in [3.05, 3.63) is 29.6 Å². The van der Waals surface area contributed by atoms with E-state index in [0.717, 1.165) is 32.6 Å². The summed E-state index contributed by atoms with van der Waals surface area (Å²) in [6.07, 6.45) is 6.17. The summed E-state index contributed by atoms with van der Waals surface area (Å²) in [5, 5.41) is 3.65. The number of rotatable bonds is 5. The predicted molar refractivity (Wildman–Crippen MR) is 68.9 cm³/mol. The van der Waals surface area contributed by atoms with Gasteiger partial charge in [0.2, 0.25) is 0 Å². The van der Waals surface area contributed by atoms with Gasteiger partial charge >= 0.3 is 0 Å². The Bertz CT molecular complexity index is 348. The Morgan fingerprint density at radius 3 is 3.12 bits per heavy atom. The maximum Gasteiger partial charge on any atom is 0.0513 e. The van der Waals surface area contributed by atoms with Crippen molar-refractivity contribution in [2.24, 2.45) is 5.92 Å². The van der Waals surface area contributed by atoms with Crippen LogP contribution in [0.15, 0.2) is 18.5 Å². The zero-order valence-corrected chi connectivity index (χ0v) is 10.8. The van der Waals surface area contributed by atoms with E-state index in [-0.39, 0.29) is 0 Å². The minimum Gasteiger partial charge on any atom is -0.381 e. The SMILES string of the molecule is CCCNC(c1cnccc1C)C1CCOC1. The zero-order valence-electron chi connectivity index (χ0n) is 10.8. The Balaban J connectivity index is 2.16. The van der Waals surface area contributed by atoms with Crippen molar-refractivity contribution >= 4 is 0 Å². The molecule has 3 nitrogen and oxygen atoms in total. The third-order valence-corrected chi connectivity index (χ3v) is 3.47. The summed E-state index contributed by atoms with van der Waals surface area (Å²) in [6.45, 7) is 7.18. The second-order valence-corrected chi connectivity index (χ2v) is 4.79. The molecule has 0 aromatic carbocycles. The maximum atomic E-state index is 5.52. The van der Waals surface area contributed by atoms with Crippen molar-refractivity contribution in [1.82, 2.24) is 10.3 Å². The lowest BCUT2D eigenvalue weighted by molar-refractivity contribution is 0.176. The number of ether oxygens (including phenoxy) is 1. The fourth-order valence-corrected chi connectivity index (χ4v) is 2.45. The molecule has 0 saturated carbocycles. The fourth-order valence-electron chi connectivity index (χ4n) is 2.45. The van der Waals surface area contributed by atoms with Gasteiger partial charge in [-0.25, -0.2) is 0 Å². The molecule has 1 fully saturated rings. The Kier molecular flexibility index (Phi) is 4.51. The molecule has 1 saturated heterocycles. The number of hydrogen-bond acceptors (Lipinski definition) is 3. The molecule has 2 atom stereocenters. The van der Waals surface area contributed by atoms with Gasteiger partial charge in [0.1, 0.15) is 0 Å². The second kappa shape index (κ2) is 6.12. The van der Waals surface area contributed by atoms with Gasteiger partial charge < -0.3 is 10.1 Å². The van der Waals surface area contributed by atoms with Gasteiger partial charge in [-0.15, -0.1) is 0 Å². The molecule has 1 N–H and O–H groups in total. The molecule has 2 heterocycles. The molecule has 17 heavy (non-hydrogen) atoms. The Labute approximate surface area is 104 Å². The van der Waals surface area contributed by atoms with Gasteiger partial charge in [0, 0.05) is 31.0 Å². The molecule has 2 unspecified atom stereocenters. The van der Waals surface area contributed by atoms with Crippen LogP contribution in [-0.2, 0) is 4.74 Å². The van der Waals surface area contributed by atoms with E-state index in [4.69, 9.17) is 4.74 Å². The van der Waals surface area contributed by atoms with Crippen LogP contribution in [0.5, 0.6) is 0 Å². The van der Waals surface area contributed by atoms with Crippen molar-refractivity contribution < 1.29 is 4.74 Å². The topological polar surface area (TPSA) is 34.2 Å². The first-order valence-electron chi connectivity index (χ1n) is 6.54. The van der Waals surface area contributed by atoms with Gasteiger partial charge in [-0.3, -0.25) is 4.98 Å². The van der Waals surface area contributed by atoms with Gasteiger partial charge in [-0.1, -0.05) is 6.92 Å². The first kappa shape index (κ1) is 12.5. The third kappa shape index (κ3) is 3.05. The largest absolute Gasteiger partial charge is 0.381 e. The van der Waals surface area contributed by atoms with Crippen LogP contribution in [0.1, 0.15) is 36.9 Å². The van der Waals surface area contributed by atoms with Crippen LogP contribution in [0.4, 0.5) is 0 Å². The lowest BCUT2D eigenvalue weighted by atomic mass is 9.91. The van der Waals surface area contributed by atoms with E-state index in [1.165, 1.54) is 11.1 Å². The molecule has 1 aliphatic heterocycles. The molecule has 3 heteroatoms. The smallest absolute Gasteiger partial charge is 0.0513 e. The predicted octanol–water partition coefficient (Wildman–Crippen LogP) is 2.47. The Hall–Kier alpha value is -0.930. The number of nitrogens with zero attached hydrogens (tertiary/aromatic N) is 1. The molecule has 0 aliphatic carbocycles. The van der Waals surface area contributed by atoms with Gasteiger partial charge in [-0.2, -0.15) is 0 Å². The van der Waals surface area contributed by atoms with E-state index in [2.05, 4.69) is 30.2 Å². The number of hydrogen-bond donors (Lipinski definition) is 1. The summed E-state index contributed by atoms with van der Waals surface area (Å²) < 4.78 is 5.52. The van der Waals surface area contributed by atoms with Crippen molar-refractivity contribution in [2.45, 2.75) is 32.7 Å². The molecule has 2 rings (SSSR count). The molecular weight excluding hydrogens is 212 g/mol. The van der Waals surface area contributed by atoms with Gasteiger partial charge in [0.05, 0.1) is 6.61 Å². The molecule has 1 aliphatic rings. The summed E-state index contributed by atoms with van der Waals surface area (Å²) in [5.74, 6) is 0.587. The summed E-state index contributed by atoms with van der Waals surface area (Å²) >= 11 is 0. The molecule has 94 valence electrons. The minimum atomic E-state index is 0.395. The van der Waals surface area contributed by atoms with Crippen LogP contribution in [0.25, 0.3) is 0 Å². The zero-order chi connectivity index (χ0) is 12.1. The van der Waals surface area contributed by atoms with Crippen LogP contribution in [0, 0.1) is 12.8 Å². The number of pyridine rings is 1. The van der Waals surface area contributed by atoms with Crippen molar-refractivity contribution in [2.75, 3.05) is 19.8 Å². The standard InChI is InChI=1S/C14H22N2O/c1-3-6-16-14(12-5-8-17-10-12)13-9-15-7-4-11(13)2/h4,7,9,12,14,16H,3,5-6,8,10H2,1-2H3. The number of nitrogens with one attached hydrogen (secondary N) is 1. The first-order chi connectivity index (χ1) is 8.33.